The Labute approximate surface area is 217 Å². The number of carboxylic acid groups (broad SMARTS) is 2. The van der Waals surface area contributed by atoms with E-state index >= 15 is 0 Å². The minimum Gasteiger partial charge on any atom is -0.481 e. The summed E-state index contributed by atoms with van der Waals surface area (Å²) in [5.41, 5.74) is 6.41. The number of ketones is 1. The van der Waals surface area contributed by atoms with Crippen molar-refractivity contribution in [1.82, 2.24) is 16.0 Å². The van der Waals surface area contributed by atoms with Crippen molar-refractivity contribution in [3.8, 4) is 0 Å². The van der Waals surface area contributed by atoms with Crippen molar-refractivity contribution in [2.75, 3.05) is 19.6 Å². The first-order valence-electron chi connectivity index (χ1n) is 12.7. The van der Waals surface area contributed by atoms with E-state index in [9.17, 15) is 29.1 Å². The number of aliphatic carboxylic acids is 2. The summed E-state index contributed by atoms with van der Waals surface area (Å²) < 4.78 is 0. The fourth-order valence-electron chi connectivity index (χ4n) is 3.73. The molecule has 0 bridgehead atoms. The number of amides is 3. The predicted molar refractivity (Wildman–Crippen MR) is 138 cm³/mol. The molecule has 1 aromatic carbocycles. The van der Waals surface area contributed by atoms with Gasteiger partial charge in [0.1, 0.15) is 11.8 Å². The summed E-state index contributed by atoms with van der Waals surface area (Å²) >= 11 is 0. The maximum Gasteiger partial charge on any atom is 0.326 e. The van der Waals surface area contributed by atoms with Gasteiger partial charge in [-0.2, -0.15) is 0 Å². The number of carbonyl (C=O) groups is 5. The molecule has 1 aromatic rings. The molecule has 1 rings (SSSR count). The van der Waals surface area contributed by atoms with Gasteiger partial charge in [-0.05, 0) is 44.2 Å². The zero-order valence-electron chi connectivity index (χ0n) is 21.2. The van der Waals surface area contributed by atoms with Gasteiger partial charge in [-0.25, -0.2) is 9.59 Å². The summed E-state index contributed by atoms with van der Waals surface area (Å²) in [5, 5.41) is 25.6. The highest BCUT2D eigenvalue weighted by atomic mass is 16.4. The number of hydrogen-bond donors (Lipinski definition) is 6. The number of carbonyl (C=O) groups excluding carboxylic acids is 3. The maximum atomic E-state index is 12.9. The Hall–Kier alpha value is -3.47. The molecule has 7 N–H and O–H groups in total. The summed E-state index contributed by atoms with van der Waals surface area (Å²) in [6, 6.07) is 7.32. The second kappa shape index (κ2) is 18.8. The molecule has 0 saturated heterocycles. The van der Waals surface area contributed by atoms with Gasteiger partial charge in [0.15, 0.2) is 0 Å². The Morgan fingerprint density at radius 2 is 1.51 bits per heavy atom. The summed E-state index contributed by atoms with van der Waals surface area (Å²) in [7, 11) is 0. The van der Waals surface area contributed by atoms with E-state index in [2.05, 4.69) is 16.0 Å². The Bertz CT molecular complexity index is 864. The number of urea groups is 1. The number of carboxylic acids is 2. The highest BCUT2D eigenvalue weighted by Gasteiger charge is 2.25. The van der Waals surface area contributed by atoms with Crippen LogP contribution >= 0.6 is 0 Å². The molecule has 0 heterocycles. The van der Waals surface area contributed by atoms with Gasteiger partial charge >= 0.3 is 18.0 Å². The van der Waals surface area contributed by atoms with E-state index in [-0.39, 0.29) is 50.3 Å². The first kappa shape index (κ1) is 31.6. The monoisotopic (exact) mass is 520 g/mol. The third-order valence-electron chi connectivity index (χ3n) is 5.77. The van der Waals surface area contributed by atoms with E-state index in [1.54, 1.807) is 0 Å². The lowest BCUT2D eigenvalue weighted by Gasteiger charge is -2.18. The van der Waals surface area contributed by atoms with Gasteiger partial charge in [0.2, 0.25) is 5.91 Å². The van der Waals surface area contributed by atoms with Crippen LogP contribution in [0.2, 0.25) is 0 Å². The zero-order valence-corrected chi connectivity index (χ0v) is 21.2. The first-order valence-corrected chi connectivity index (χ1v) is 12.7. The summed E-state index contributed by atoms with van der Waals surface area (Å²) in [4.78, 5) is 59.6. The number of unbranched alkanes of at least 4 members (excludes halogenated alkanes) is 3. The molecule has 0 radical (unpaired) electrons. The number of benzene rings is 1. The molecular formula is C26H40N4O7. The van der Waals surface area contributed by atoms with E-state index < -0.39 is 29.9 Å². The maximum absolute atomic E-state index is 12.9. The van der Waals surface area contributed by atoms with Crippen molar-refractivity contribution in [3.63, 3.8) is 0 Å². The molecule has 206 valence electrons. The third-order valence-corrected chi connectivity index (χ3v) is 5.77. The molecule has 0 aliphatic rings. The molecule has 11 heteroatoms. The smallest absolute Gasteiger partial charge is 0.326 e. The molecule has 0 aliphatic carbocycles. The van der Waals surface area contributed by atoms with Crippen LogP contribution in [0.15, 0.2) is 30.3 Å². The molecule has 0 spiro atoms. The van der Waals surface area contributed by atoms with Crippen LogP contribution in [0, 0.1) is 5.92 Å². The van der Waals surface area contributed by atoms with Crippen LogP contribution in [0.25, 0.3) is 0 Å². The van der Waals surface area contributed by atoms with Gasteiger partial charge in [0.25, 0.3) is 0 Å². The third kappa shape index (κ3) is 15.3. The van der Waals surface area contributed by atoms with Crippen molar-refractivity contribution >= 4 is 29.7 Å². The van der Waals surface area contributed by atoms with Gasteiger partial charge < -0.3 is 31.9 Å². The minimum atomic E-state index is -1.29. The van der Waals surface area contributed by atoms with E-state index in [1.165, 1.54) is 0 Å². The largest absolute Gasteiger partial charge is 0.481 e. The van der Waals surface area contributed by atoms with Crippen LogP contribution in [0.4, 0.5) is 4.79 Å². The van der Waals surface area contributed by atoms with Crippen molar-refractivity contribution < 1.29 is 34.2 Å². The van der Waals surface area contributed by atoms with Crippen LogP contribution in [-0.4, -0.2) is 65.5 Å². The Morgan fingerprint density at radius 3 is 2.16 bits per heavy atom. The van der Waals surface area contributed by atoms with E-state index in [1.807, 2.05) is 30.3 Å². The lowest BCUT2D eigenvalue weighted by Crippen LogP contribution is -2.46. The zero-order chi connectivity index (χ0) is 27.5. The van der Waals surface area contributed by atoms with Crippen LogP contribution in [0.3, 0.4) is 0 Å². The van der Waals surface area contributed by atoms with Crippen molar-refractivity contribution in [1.29, 1.82) is 0 Å². The quantitative estimate of drug-likeness (QED) is 0.140. The predicted octanol–water partition coefficient (Wildman–Crippen LogP) is 1.84. The number of nitrogens with one attached hydrogen (secondary N) is 3. The Balaban J connectivity index is 2.60. The summed E-state index contributed by atoms with van der Waals surface area (Å²) in [6.07, 6.45) is 3.90. The molecule has 0 saturated carbocycles. The van der Waals surface area contributed by atoms with Crippen LogP contribution in [0.1, 0.15) is 63.4 Å². The van der Waals surface area contributed by atoms with E-state index in [0.29, 0.717) is 19.5 Å². The van der Waals surface area contributed by atoms with Crippen molar-refractivity contribution in [2.24, 2.45) is 11.7 Å². The fourth-order valence-corrected chi connectivity index (χ4v) is 3.73. The van der Waals surface area contributed by atoms with Crippen LogP contribution in [-0.2, 0) is 25.6 Å². The minimum absolute atomic E-state index is 0.0401. The van der Waals surface area contributed by atoms with Gasteiger partial charge in [0.05, 0.1) is 0 Å². The average Bonchev–Trinajstić information content (AvgIpc) is 2.86. The number of Topliss-reactive ketones (excluding diaryl/α,β-unsaturated/α-hetero) is 1. The lowest BCUT2D eigenvalue weighted by atomic mass is 9.91. The molecule has 0 fully saturated rings. The van der Waals surface area contributed by atoms with E-state index in [4.69, 9.17) is 10.8 Å². The first-order chi connectivity index (χ1) is 17.7. The van der Waals surface area contributed by atoms with Crippen molar-refractivity contribution in [3.05, 3.63) is 35.9 Å². The van der Waals surface area contributed by atoms with Crippen LogP contribution in [0.5, 0.6) is 0 Å². The number of hydrogen-bond acceptors (Lipinski definition) is 6. The second-order valence-electron chi connectivity index (χ2n) is 8.95. The molecule has 37 heavy (non-hydrogen) atoms. The normalized spacial score (nSPS) is 12.2. The molecule has 3 amide bonds. The standard InChI is InChI=1S/C26H40N4O7/c27-14-6-1-2-7-15-28-24(34)20(17-19-9-4-3-5-10-19)18-21(31)12-13-22(25(35)36)30-26(37)29-16-8-11-23(32)33/h3-5,9-10,20,22H,1-2,6-8,11-18,27H2,(H,28,34)(H,32,33)(H,35,36)(H2,29,30,37)/t20-,22+/m1/s1. The van der Waals surface area contributed by atoms with Gasteiger partial charge in [-0.1, -0.05) is 43.2 Å². The lowest BCUT2D eigenvalue weighted by molar-refractivity contribution is -0.139. The van der Waals surface area contributed by atoms with E-state index in [0.717, 1.165) is 31.2 Å². The van der Waals surface area contributed by atoms with Gasteiger partial charge in [0, 0.05) is 38.3 Å². The highest BCUT2D eigenvalue weighted by Crippen LogP contribution is 2.16. The molecule has 0 unspecified atom stereocenters. The fraction of sp³-hybridized carbons (Fsp3) is 0.577. The van der Waals surface area contributed by atoms with Crippen molar-refractivity contribution in [2.45, 2.75) is 70.3 Å². The summed E-state index contributed by atoms with van der Waals surface area (Å²) in [6.45, 7) is 1.23. The number of rotatable bonds is 20. The highest BCUT2D eigenvalue weighted by molar-refractivity contribution is 5.88. The average molecular weight is 521 g/mol. The molecule has 0 aromatic heterocycles. The molecule has 2 atom stereocenters. The number of nitrogens with two attached hydrogens (primary N) is 1. The van der Waals surface area contributed by atoms with Gasteiger partial charge in [-0.3, -0.25) is 14.4 Å². The Morgan fingerprint density at radius 1 is 0.838 bits per heavy atom. The molecule has 0 aliphatic heterocycles. The van der Waals surface area contributed by atoms with Gasteiger partial charge in [-0.15, -0.1) is 0 Å². The summed E-state index contributed by atoms with van der Waals surface area (Å²) in [5.74, 6) is -3.36. The SMILES string of the molecule is NCCCCCCNC(=O)[C@@H](CC(=O)CC[C@H](NC(=O)NCCCC(=O)O)C(=O)O)Cc1ccccc1. The topological polar surface area (TPSA) is 188 Å². The molecular weight excluding hydrogens is 480 g/mol. The Kier molecular flexibility index (Phi) is 16.0. The molecule has 11 nitrogen and oxygen atoms in total. The second-order valence-corrected chi connectivity index (χ2v) is 8.95. The van der Waals surface area contributed by atoms with Crippen LogP contribution < -0.4 is 21.7 Å².